The van der Waals surface area contributed by atoms with Crippen LogP contribution in [0.4, 0.5) is 34.1 Å². The Labute approximate surface area is 445 Å². The summed E-state index contributed by atoms with van der Waals surface area (Å²) in [5.74, 6) is 0. The van der Waals surface area contributed by atoms with Crippen LogP contribution in [0, 0.1) is 0 Å². The second-order valence-electron chi connectivity index (χ2n) is 20.3. The third-order valence-corrected chi connectivity index (χ3v) is 16.3. The second-order valence-corrected chi connectivity index (χ2v) is 20.3. The summed E-state index contributed by atoms with van der Waals surface area (Å²) in [6, 6.07) is 102. The minimum atomic E-state index is -0.770. The average Bonchev–Trinajstić information content (AvgIpc) is 4.10. The molecule has 2 aromatic heterocycles. The van der Waals surface area contributed by atoms with E-state index in [-0.39, 0.29) is 0 Å². The molecule has 0 radical (unpaired) electrons. The highest BCUT2D eigenvalue weighted by Gasteiger charge is 2.52. The molecule has 12 aromatic carbocycles. The Morgan fingerprint density at radius 3 is 1.06 bits per heavy atom. The molecule has 2 aliphatic heterocycles. The standard InChI is InChI=1S/C73H46N2O2/c1-3-17-47(18-4-1)51-37-43-67-63(45-51)73(61-27-9-11-29-65(61)74(67)53-39-33-49(34-40-53)55-23-15-25-59-57-21-7-13-31-69(57)76-71(55)59)62-28-10-12-30-66(62)75(68-44-38-52(46-64(68)73)48-19-5-2-6-20-48)54-41-35-50(36-42-54)56-24-16-26-60-58-22-8-14-32-70(58)77-72(56)60/h1-46H. The molecule has 0 fully saturated rings. The van der Waals surface area contributed by atoms with Gasteiger partial charge in [0.2, 0.25) is 0 Å². The number of nitrogens with zero attached hydrogens (tertiary/aromatic N) is 2. The Hall–Kier alpha value is -10.2. The van der Waals surface area contributed by atoms with Crippen LogP contribution in [-0.2, 0) is 5.41 Å². The van der Waals surface area contributed by atoms with Crippen LogP contribution in [-0.4, -0.2) is 0 Å². The zero-order valence-corrected chi connectivity index (χ0v) is 41.8. The number of hydrogen-bond acceptors (Lipinski definition) is 4. The lowest BCUT2D eigenvalue weighted by molar-refractivity contribution is 0.669. The van der Waals surface area contributed by atoms with E-state index in [1.165, 1.54) is 33.4 Å². The third kappa shape index (κ3) is 6.46. The van der Waals surface area contributed by atoms with Crippen LogP contribution < -0.4 is 9.80 Å². The van der Waals surface area contributed by atoms with Gasteiger partial charge in [0.05, 0.1) is 28.2 Å². The average molecular weight is 983 g/mol. The molecule has 14 aromatic rings. The maximum Gasteiger partial charge on any atom is 0.143 e. The summed E-state index contributed by atoms with van der Waals surface area (Å²) in [5.41, 5.74) is 23.3. The van der Waals surface area contributed by atoms with Gasteiger partial charge in [0.25, 0.3) is 0 Å². The lowest BCUT2D eigenvalue weighted by atomic mass is 9.59. The van der Waals surface area contributed by atoms with Gasteiger partial charge in [-0.25, -0.2) is 0 Å². The van der Waals surface area contributed by atoms with Gasteiger partial charge in [-0.1, -0.05) is 206 Å². The zero-order valence-electron chi connectivity index (χ0n) is 41.8. The minimum absolute atomic E-state index is 0.770. The van der Waals surface area contributed by atoms with Crippen molar-refractivity contribution in [3.8, 4) is 44.5 Å². The van der Waals surface area contributed by atoms with E-state index in [0.29, 0.717) is 0 Å². The molecule has 4 nitrogen and oxygen atoms in total. The van der Waals surface area contributed by atoms with Crippen molar-refractivity contribution < 1.29 is 8.83 Å². The maximum atomic E-state index is 6.55. The molecule has 0 amide bonds. The molecule has 0 saturated heterocycles. The quantitative estimate of drug-likeness (QED) is 0.166. The summed E-state index contributed by atoms with van der Waals surface area (Å²) < 4.78 is 13.1. The number of hydrogen-bond donors (Lipinski definition) is 0. The van der Waals surface area contributed by atoms with Crippen molar-refractivity contribution in [3.63, 3.8) is 0 Å². The molecule has 4 heteroatoms. The fourth-order valence-electron chi connectivity index (χ4n) is 12.9. The van der Waals surface area contributed by atoms with Crippen molar-refractivity contribution in [1.29, 1.82) is 0 Å². The Balaban J connectivity index is 0.916. The SMILES string of the molecule is c1ccc(-c2ccc3c(c2)C2(c4ccccc4N3c3ccc(-c4cccc5c4oc4ccccc45)cc3)c3ccccc3N(c3ccc(-c4cccc5c4oc4ccccc45)cc3)c3ccc(-c4ccccc4)cc32)cc1. The number of anilines is 6. The highest BCUT2D eigenvalue weighted by Crippen LogP contribution is 2.65. The topological polar surface area (TPSA) is 32.8 Å². The summed E-state index contributed by atoms with van der Waals surface area (Å²) in [7, 11) is 0. The van der Waals surface area contributed by atoms with Gasteiger partial charge >= 0.3 is 0 Å². The normalized spacial score (nSPS) is 13.2. The monoisotopic (exact) mass is 982 g/mol. The van der Waals surface area contributed by atoms with Gasteiger partial charge in [0.15, 0.2) is 0 Å². The number of furan rings is 2. The molecule has 360 valence electrons. The molecule has 16 rings (SSSR count). The number of benzene rings is 12. The van der Waals surface area contributed by atoms with Crippen LogP contribution in [0.25, 0.3) is 88.4 Å². The lowest BCUT2D eigenvalue weighted by Gasteiger charge is -2.51. The predicted octanol–water partition coefficient (Wildman–Crippen LogP) is 20.1. The van der Waals surface area contributed by atoms with Crippen LogP contribution in [0.15, 0.2) is 288 Å². The fourth-order valence-corrected chi connectivity index (χ4v) is 12.9. The largest absolute Gasteiger partial charge is 0.455 e. The summed E-state index contributed by atoms with van der Waals surface area (Å²) in [6.07, 6.45) is 0. The Kier molecular flexibility index (Phi) is 9.52. The van der Waals surface area contributed by atoms with E-state index in [9.17, 15) is 0 Å². The molecule has 0 unspecified atom stereocenters. The molecule has 0 aliphatic carbocycles. The summed E-state index contributed by atoms with van der Waals surface area (Å²) in [6.45, 7) is 0. The van der Waals surface area contributed by atoms with E-state index in [1.54, 1.807) is 0 Å². The summed E-state index contributed by atoms with van der Waals surface area (Å²) in [4.78, 5) is 4.96. The molecule has 0 bridgehead atoms. The van der Waals surface area contributed by atoms with E-state index in [1.807, 2.05) is 12.1 Å². The van der Waals surface area contributed by atoms with E-state index < -0.39 is 5.41 Å². The van der Waals surface area contributed by atoms with Crippen molar-refractivity contribution in [3.05, 3.63) is 301 Å². The Bertz CT molecular complexity index is 4330. The van der Waals surface area contributed by atoms with Gasteiger partial charge in [0, 0.05) is 44.0 Å². The van der Waals surface area contributed by atoms with Gasteiger partial charge < -0.3 is 18.6 Å². The zero-order chi connectivity index (χ0) is 50.6. The van der Waals surface area contributed by atoms with Gasteiger partial charge in [-0.2, -0.15) is 0 Å². The predicted molar refractivity (Wildman–Crippen MR) is 318 cm³/mol. The van der Waals surface area contributed by atoms with Gasteiger partial charge in [-0.3, -0.25) is 0 Å². The Morgan fingerprint density at radius 2 is 0.610 bits per heavy atom. The Morgan fingerprint density at radius 1 is 0.247 bits per heavy atom. The smallest absolute Gasteiger partial charge is 0.143 e. The van der Waals surface area contributed by atoms with E-state index in [4.69, 9.17) is 8.83 Å². The van der Waals surface area contributed by atoms with Crippen molar-refractivity contribution in [2.24, 2.45) is 0 Å². The van der Waals surface area contributed by atoms with Crippen molar-refractivity contribution in [1.82, 2.24) is 0 Å². The van der Waals surface area contributed by atoms with Crippen LogP contribution in [0.5, 0.6) is 0 Å². The van der Waals surface area contributed by atoms with E-state index >= 15 is 0 Å². The first-order chi connectivity index (χ1) is 38.2. The molecule has 0 saturated carbocycles. The maximum absolute atomic E-state index is 6.55. The number of para-hydroxylation sites is 6. The highest BCUT2D eigenvalue weighted by atomic mass is 16.3. The third-order valence-electron chi connectivity index (χ3n) is 16.3. The van der Waals surface area contributed by atoms with Crippen molar-refractivity contribution >= 4 is 78.0 Å². The molecular weight excluding hydrogens is 937 g/mol. The molecule has 0 atom stereocenters. The van der Waals surface area contributed by atoms with E-state index in [2.05, 4.69) is 277 Å². The van der Waals surface area contributed by atoms with E-state index in [0.717, 1.165) is 111 Å². The van der Waals surface area contributed by atoms with Crippen molar-refractivity contribution in [2.45, 2.75) is 5.41 Å². The van der Waals surface area contributed by atoms with Gasteiger partial charge in [-0.15, -0.1) is 0 Å². The van der Waals surface area contributed by atoms with Crippen molar-refractivity contribution in [2.75, 3.05) is 9.80 Å². The molecule has 77 heavy (non-hydrogen) atoms. The molecule has 2 aliphatic rings. The van der Waals surface area contributed by atoms with Crippen LogP contribution in [0.3, 0.4) is 0 Å². The second kappa shape index (κ2) is 16.9. The summed E-state index contributed by atoms with van der Waals surface area (Å²) in [5, 5.41) is 4.50. The molecular formula is C73H46N2O2. The molecule has 0 N–H and O–H groups in total. The van der Waals surface area contributed by atoms with Gasteiger partial charge in [0.1, 0.15) is 22.3 Å². The first kappa shape index (κ1) is 43.3. The highest BCUT2D eigenvalue weighted by molar-refractivity contribution is 6.11. The first-order valence-electron chi connectivity index (χ1n) is 26.4. The first-order valence-corrected chi connectivity index (χ1v) is 26.4. The van der Waals surface area contributed by atoms with Gasteiger partial charge in [-0.05, 0) is 128 Å². The van der Waals surface area contributed by atoms with Crippen LogP contribution in [0.1, 0.15) is 22.3 Å². The van der Waals surface area contributed by atoms with Crippen LogP contribution in [0.2, 0.25) is 0 Å². The number of fused-ring (bicyclic) bond motifs is 14. The fraction of sp³-hybridized carbons (Fsp3) is 0.0137. The summed E-state index contributed by atoms with van der Waals surface area (Å²) >= 11 is 0. The molecule has 4 heterocycles. The van der Waals surface area contributed by atoms with Crippen LogP contribution >= 0.6 is 0 Å². The lowest BCUT2D eigenvalue weighted by Crippen LogP contribution is -2.42. The number of rotatable bonds is 6. The molecule has 1 spiro atoms. The minimum Gasteiger partial charge on any atom is -0.455 e.